The summed E-state index contributed by atoms with van der Waals surface area (Å²) in [5.41, 5.74) is 5.77. The molecule has 0 radical (unpaired) electrons. The summed E-state index contributed by atoms with van der Waals surface area (Å²) in [6.45, 7) is 7.14. The van der Waals surface area contributed by atoms with Crippen LogP contribution in [-0.4, -0.2) is 46.3 Å². The first-order valence-corrected chi connectivity index (χ1v) is 6.93. The quantitative estimate of drug-likeness (QED) is 0.747. The Morgan fingerprint density at radius 3 is 2.64 bits per heavy atom. The van der Waals surface area contributed by atoms with Crippen LogP contribution in [0.15, 0.2) is 0 Å². The van der Waals surface area contributed by atoms with Gasteiger partial charge >= 0.3 is 0 Å². The van der Waals surface area contributed by atoms with Crippen molar-refractivity contribution in [1.82, 2.24) is 4.90 Å². The Morgan fingerprint density at radius 1 is 1.36 bits per heavy atom. The van der Waals surface area contributed by atoms with Crippen LogP contribution in [0.4, 0.5) is 0 Å². The van der Waals surface area contributed by atoms with Crippen LogP contribution in [0.5, 0.6) is 0 Å². The lowest BCUT2D eigenvalue weighted by Crippen LogP contribution is -2.45. The van der Waals surface area contributed by atoms with Crippen LogP contribution in [0.1, 0.15) is 20.3 Å². The third-order valence-electron chi connectivity index (χ3n) is 2.90. The molecule has 1 heterocycles. The molecule has 0 aromatic carbocycles. The van der Waals surface area contributed by atoms with Gasteiger partial charge in [-0.15, -0.1) is 0 Å². The highest BCUT2D eigenvalue weighted by Gasteiger charge is 2.22. The molecule has 1 saturated heterocycles. The maximum absolute atomic E-state index is 11.4. The van der Waals surface area contributed by atoms with Crippen molar-refractivity contribution < 1.29 is 4.21 Å². The lowest BCUT2D eigenvalue weighted by atomic mass is 10.0. The zero-order chi connectivity index (χ0) is 10.6. The first-order chi connectivity index (χ1) is 6.65. The van der Waals surface area contributed by atoms with Crippen LogP contribution >= 0.6 is 0 Å². The van der Waals surface area contributed by atoms with Gasteiger partial charge in [0, 0.05) is 41.4 Å². The zero-order valence-electron chi connectivity index (χ0n) is 9.24. The van der Waals surface area contributed by atoms with Gasteiger partial charge in [0.2, 0.25) is 0 Å². The summed E-state index contributed by atoms with van der Waals surface area (Å²) in [4.78, 5) is 2.41. The van der Waals surface area contributed by atoms with E-state index in [1.807, 2.05) is 0 Å². The van der Waals surface area contributed by atoms with Crippen LogP contribution in [0.25, 0.3) is 0 Å². The van der Waals surface area contributed by atoms with Gasteiger partial charge in [-0.2, -0.15) is 0 Å². The van der Waals surface area contributed by atoms with Gasteiger partial charge in [0.05, 0.1) is 0 Å². The lowest BCUT2D eigenvalue weighted by molar-refractivity contribution is 0.172. The van der Waals surface area contributed by atoms with E-state index in [4.69, 9.17) is 5.73 Å². The van der Waals surface area contributed by atoms with Gasteiger partial charge in [-0.25, -0.2) is 0 Å². The number of nitrogens with zero attached hydrogens (tertiary/aromatic N) is 1. The van der Waals surface area contributed by atoms with Crippen LogP contribution in [0, 0.1) is 5.92 Å². The van der Waals surface area contributed by atoms with E-state index >= 15 is 0 Å². The van der Waals surface area contributed by atoms with Crippen LogP contribution in [0.2, 0.25) is 0 Å². The highest BCUT2D eigenvalue weighted by Crippen LogP contribution is 2.12. The summed E-state index contributed by atoms with van der Waals surface area (Å²) in [6.07, 6.45) is 1.05. The molecule has 1 aliphatic heterocycles. The molecule has 0 aliphatic carbocycles. The van der Waals surface area contributed by atoms with E-state index in [0.717, 1.165) is 31.0 Å². The molecule has 4 heteroatoms. The highest BCUT2D eigenvalue weighted by atomic mass is 32.2. The number of nitrogens with two attached hydrogens (primary N) is 1. The van der Waals surface area contributed by atoms with Gasteiger partial charge in [-0.1, -0.05) is 13.8 Å². The summed E-state index contributed by atoms with van der Waals surface area (Å²) < 4.78 is 11.4. The minimum absolute atomic E-state index is 0.463. The normalized spacial score (nSPS) is 27.6. The second-order valence-electron chi connectivity index (χ2n) is 4.28. The predicted octanol–water partition coefficient (Wildman–Crippen LogP) is 0.424. The zero-order valence-corrected chi connectivity index (χ0v) is 10.1. The minimum Gasteiger partial charge on any atom is -0.329 e. The molecule has 2 unspecified atom stereocenters. The highest BCUT2D eigenvalue weighted by molar-refractivity contribution is 7.85. The Morgan fingerprint density at radius 2 is 2.07 bits per heavy atom. The smallest absolute Gasteiger partial charge is 0.0362 e. The van der Waals surface area contributed by atoms with Gasteiger partial charge in [-0.05, 0) is 18.9 Å². The van der Waals surface area contributed by atoms with Gasteiger partial charge in [0.15, 0.2) is 0 Å². The molecule has 0 amide bonds. The van der Waals surface area contributed by atoms with E-state index in [-0.39, 0.29) is 0 Å². The lowest BCUT2D eigenvalue weighted by Gasteiger charge is -2.32. The molecule has 0 saturated carbocycles. The Balaban J connectivity index is 2.52. The summed E-state index contributed by atoms with van der Waals surface area (Å²) in [5.74, 6) is 2.28. The molecule has 1 fully saturated rings. The summed E-state index contributed by atoms with van der Waals surface area (Å²) in [5, 5.41) is 0. The molecule has 1 aliphatic rings. The van der Waals surface area contributed by atoms with Crippen molar-refractivity contribution in [3.8, 4) is 0 Å². The second-order valence-corrected chi connectivity index (χ2v) is 5.98. The summed E-state index contributed by atoms with van der Waals surface area (Å²) >= 11 is 0. The number of hydrogen-bond donors (Lipinski definition) is 1. The van der Waals surface area contributed by atoms with Crippen molar-refractivity contribution in [2.75, 3.05) is 31.1 Å². The molecule has 14 heavy (non-hydrogen) atoms. The van der Waals surface area contributed by atoms with E-state index in [0.29, 0.717) is 18.5 Å². The molecule has 2 N–H and O–H groups in total. The first-order valence-electron chi connectivity index (χ1n) is 5.44. The van der Waals surface area contributed by atoms with Crippen molar-refractivity contribution in [3.05, 3.63) is 0 Å². The van der Waals surface area contributed by atoms with Crippen LogP contribution in [-0.2, 0) is 10.8 Å². The van der Waals surface area contributed by atoms with E-state index in [1.54, 1.807) is 0 Å². The topological polar surface area (TPSA) is 46.3 Å². The molecule has 0 spiro atoms. The Bertz CT molecular complexity index is 197. The fraction of sp³-hybridized carbons (Fsp3) is 1.00. The van der Waals surface area contributed by atoms with Gasteiger partial charge in [0.25, 0.3) is 0 Å². The molecule has 3 nitrogen and oxygen atoms in total. The monoisotopic (exact) mass is 218 g/mol. The maximum Gasteiger partial charge on any atom is 0.0362 e. The Kier molecular flexibility index (Phi) is 5.06. The third-order valence-corrected chi connectivity index (χ3v) is 4.29. The van der Waals surface area contributed by atoms with E-state index < -0.39 is 10.8 Å². The van der Waals surface area contributed by atoms with Gasteiger partial charge < -0.3 is 5.73 Å². The van der Waals surface area contributed by atoms with Crippen LogP contribution in [0.3, 0.4) is 0 Å². The molecular weight excluding hydrogens is 196 g/mol. The van der Waals surface area contributed by atoms with E-state index in [2.05, 4.69) is 18.7 Å². The molecule has 84 valence electrons. The van der Waals surface area contributed by atoms with Crippen molar-refractivity contribution in [2.24, 2.45) is 11.7 Å². The third kappa shape index (κ3) is 3.33. The molecule has 1 rings (SSSR count). The standard InChI is InChI=1S/C10H22N2OS/c1-9(2)10(8-11)12-4-3-6-14(13)7-5-12/h9-10H,3-8,11H2,1-2H3. The largest absolute Gasteiger partial charge is 0.329 e. The van der Waals surface area contributed by atoms with E-state index in [1.165, 1.54) is 0 Å². The van der Waals surface area contributed by atoms with E-state index in [9.17, 15) is 4.21 Å². The maximum atomic E-state index is 11.4. The number of rotatable bonds is 3. The number of hydrogen-bond acceptors (Lipinski definition) is 3. The average molecular weight is 218 g/mol. The van der Waals surface area contributed by atoms with Gasteiger partial charge in [-0.3, -0.25) is 9.11 Å². The van der Waals surface area contributed by atoms with Gasteiger partial charge in [0.1, 0.15) is 0 Å². The minimum atomic E-state index is -0.592. The van der Waals surface area contributed by atoms with Crippen molar-refractivity contribution >= 4 is 10.8 Å². The summed E-state index contributed by atoms with van der Waals surface area (Å²) in [6, 6.07) is 0.463. The first kappa shape index (κ1) is 12.1. The Hall–Kier alpha value is 0.0700. The average Bonchev–Trinajstić information content (AvgIpc) is 2.32. The SMILES string of the molecule is CC(C)C(CN)N1CCCS(=O)CC1. The Labute approximate surface area is 89.5 Å². The fourth-order valence-corrected chi connectivity index (χ4v) is 3.13. The fourth-order valence-electron chi connectivity index (χ4n) is 2.04. The predicted molar refractivity (Wildman–Crippen MR) is 61.7 cm³/mol. The van der Waals surface area contributed by atoms with Crippen molar-refractivity contribution in [2.45, 2.75) is 26.3 Å². The molecule has 0 aromatic heterocycles. The van der Waals surface area contributed by atoms with Crippen molar-refractivity contribution in [1.29, 1.82) is 0 Å². The molecular formula is C10H22N2OS. The van der Waals surface area contributed by atoms with Crippen LogP contribution < -0.4 is 5.73 Å². The molecule has 2 atom stereocenters. The summed E-state index contributed by atoms with van der Waals surface area (Å²) in [7, 11) is -0.592. The molecule has 0 bridgehead atoms. The second kappa shape index (κ2) is 5.83. The van der Waals surface area contributed by atoms with Crippen molar-refractivity contribution in [3.63, 3.8) is 0 Å². The molecule has 0 aromatic rings.